The first-order chi connectivity index (χ1) is 6.36. The molecule has 1 N–H and O–H groups in total. The zero-order valence-corrected chi connectivity index (χ0v) is 9.47. The Kier molecular flexibility index (Phi) is 4.05. The zero-order chi connectivity index (χ0) is 11.5. The fraction of sp³-hybridized carbons (Fsp3) is 0.636. The summed E-state index contributed by atoms with van der Waals surface area (Å²) in [4.78, 5) is 22.5. The van der Waals surface area contributed by atoms with Gasteiger partial charge in [-0.25, -0.2) is 0 Å². The van der Waals surface area contributed by atoms with E-state index in [1.165, 1.54) is 6.92 Å². The second-order valence-electron chi connectivity index (χ2n) is 3.79. The molecule has 0 saturated carbocycles. The van der Waals surface area contributed by atoms with Gasteiger partial charge in [-0.3, -0.25) is 9.59 Å². The average molecular weight is 198 g/mol. The van der Waals surface area contributed by atoms with Gasteiger partial charge in [0.25, 0.3) is 0 Å². The highest BCUT2D eigenvalue weighted by atomic mass is 16.3. The van der Waals surface area contributed by atoms with Crippen molar-refractivity contribution < 1.29 is 14.7 Å². The number of aliphatic hydroxyl groups excluding tert-OH is 1. The zero-order valence-electron chi connectivity index (χ0n) is 9.47. The molecule has 80 valence electrons. The molecule has 0 spiro atoms. The number of aliphatic hydroxyl groups is 1. The minimum atomic E-state index is -0.645. The number of carbonyl (C=O) groups is 2. The van der Waals surface area contributed by atoms with Crippen molar-refractivity contribution in [2.75, 3.05) is 0 Å². The van der Waals surface area contributed by atoms with E-state index in [1.807, 2.05) is 13.8 Å². The van der Waals surface area contributed by atoms with Crippen molar-refractivity contribution in [1.29, 1.82) is 0 Å². The van der Waals surface area contributed by atoms with Crippen LogP contribution in [-0.2, 0) is 9.59 Å². The Bertz CT molecular complexity index is 285. The van der Waals surface area contributed by atoms with Crippen LogP contribution >= 0.6 is 0 Å². The van der Waals surface area contributed by atoms with Crippen LogP contribution in [0.5, 0.6) is 0 Å². The average Bonchev–Trinajstić information content (AvgIpc) is 2.15. The first-order valence-corrected chi connectivity index (χ1v) is 4.84. The third kappa shape index (κ3) is 2.22. The number of carbonyl (C=O) groups excluding carboxylic acids is 2. The molecule has 0 aromatic carbocycles. The van der Waals surface area contributed by atoms with Crippen LogP contribution in [0.15, 0.2) is 11.3 Å². The van der Waals surface area contributed by atoms with Gasteiger partial charge >= 0.3 is 0 Å². The standard InChI is InChI=1S/C9H12O3.C2H6/c1-5-7(11)6(10)4-9(2,3)8(5)12;1-2/h11H,4H2,1-3H3;1-2H3. The van der Waals surface area contributed by atoms with Crippen LogP contribution in [0.2, 0.25) is 0 Å². The summed E-state index contributed by atoms with van der Waals surface area (Å²) in [5.74, 6) is -0.837. The summed E-state index contributed by atoms with van der Waals surface area (Å²) >= 11 is 0. The van der Waals surface area contributed by atoms with E-state index in [0.29, 0.717) is 0 Å². The lowest BCUT2D eigenvalue weighted by atomic mass is 9.75. The third-order valence-electron chi connectivity index (χ3n) is 2.18. The van der Waals surface area contributed by atoms with Gasteiger partial charge in [0.2, 0.25) is 0 Å². The molecule has 1 rings (SSSR count). The van der Waals surface area contributed by atoms with Crippen molar-refractivity contribution >= 4 is 11.6 Å². The summed E-state index contributed by atoms with van der Waals surface area (Å²) in [5.41, 5.74) is -0.454. The van der Waals surface area contributed by atoms with Gasteiger partial charge in [0.1, 0.15) is 0 Å². The predicted molar refractivity (Wildman–Crippen MR) is 55.1 cm³/mol. The number of hydrogen-bond donors (Lipinski definition) is 1. The van der Waals surface area contributed by atoms with Gasteiger partial charge in [-0.1, -0.05) is 27.7 Å². The molecule has 3 nitrogen and oxygen atoms in total. The van der Waals surface area contributed by atoms with Crippen molar-refractivity contribution in [3.63, 3.8) is 0 Å². The second kappa shape index (κ2) is 4.40. The molecule has 0 bridgehead atoms. The van der Waals surface area contributed by atoms with E-state index in [-0.39, 0.29) is 29.3 Å². The molecule has 0 aromatic heterocycles. The summed E-state index contributed by atoms with van der Waals surface area (Å²) < 4.78 is 0. The third-order valence-corrected chi connectivity index (χ3v) is 2.18. The van der Waals surface area contributed by atoms with E-state index in [9.17, 15) is 9.59 Å². The summed E-state index contributed by atoms with van der Waals surface area (Å²) in [6, 6.07) is 0. The van der Waals surface area contributed by atoms with Gasteiger partial charge in [0, 0.05) is 17.4 Å². The molecule has 0 radical (unpaired) electrons. The van der Waals surface area contributed by atoms with Gasteiger partial charge in [0.15, 0.2) is 17.3 Å². The lowest BCUT2D eigenvalue weighted by Gasteiger charge is -2.26. The van der Waals surface area contributed by atoms with Gasteiger partial charge < -0.3 is 5.11 Å². The van der Waals surface area contributed by atoms with Crippen molar-refractivity contribution in [1.82, 2.24) is 0 Å². The lowest BCUT2D eigenvalue weighted by Crippen LogP contribution is -2.34. The minimum Gasteiger partial charge on any atom is -0.504 e. The smallest absolute Gasteiger partial charge is 0.198 e. The summed E-state index contributed by atoms with van der Waals surface area (Å²) in [5, 5.41) is 9.16. The molecular weight excluding hydrogens is 180 g/mol. The molecule has 3 heteroatoms. The molecule has 0 aromatic rings. The van der Waals surface area contributed by atoms with Crippen LogP contribution < -0.4 is 0 Å². The maximum absolute atomic E-state index is 11.4. The van der Waals surface area contributed by atoms with E-state index in [4.69, 9.17) is 5.11 Å². The van der Waals surface area contributed by atoms with Crippen LogP contribution in [0.1, 0.15) is 41.0 Å². The Morgan fingerprint density at radius 1 is 1.21 bits per heavy atom. The van der Waals surface area contributed by atoms with Crippen LogP contribution in [0.4, 0.5) is 0 Å². The maximum Gasteiger partial charge on any atom is 0.198 e. The molecule has 0 saturated heterocycles. The van der Waals surface area contributed by atoms with Gasteiger partial charge in [-0.15, -0.1) is 0 Å². The van der Waals surface area contributed by atoms with Crippen LogP contribution in [0.25, 0.3) is 0 Å². The number of Topliss-reactive ketones (excluding diaryl/α,β-unsaturated/α-hetero) is 2. The van der Waals surface area contributed by atoms with E-state index in [2.05, 4.69) is 0 Å². The highest BCUT2D eigenvalue weighted by Crippen LogP contribution is 2.32. The minimum absolute atomic E-state index is 0.106. The molecule has 0 unspecified atom stereocenters. The largest absolute Gasteiger partial charge is 0.504 e. The summed E-state index contributed by atoms with van der Waals surface area (Å²) in [7, 11) is 0. The van der Waals surface area contributed by atoms with E-state index >= 15 is 0 Å². The molecule has 0 amide bonds. The topological polar surface area (TPSA) is 54.4 Å². The predicted octanol–water partition coefficient (Wildman–Crippen LogP) is 2.41. The van der Waals surface area contributed by atoms with Crippen molar-refractivity contribution in [3.05, 3.63) is 11.3 Å². The molecular formula is C11H18O3. The van der Waals surface area contributed by atoms with Gasteiger partial charge in [0.05, 0.1) is 0 Å². The molecule has 1 aliphatic carbocycles. The molecule has 0 atom stereocenters. The number of hydrogen-bond acceptors (Lipinski definition) is 3. The molecule has 0 fully saturated rings. The quantitative estimate of drug-likeness (QED) is 0.650. The Balaban J connectivity index is 0.000000791. The van der Waals surface area contributed by atoms with E-state index in [0.717, 1.165) is 0 Å². The van der Waals surface area contributed by atoms with Crippen molar-refractivity contribution in [2.24, 2.45) is 5.41 Å². The molecule has 1 aliphatic rings. The first kappa shape index (κ1) is 12.9. The Morgan fingerprint density at radius 3 is 2.07 bits per heavy atom. The molecule has 0 aliphatic heterocycles. The van der Waals surface area contributed by atoms with Crippen LogP contribution in [0.3, 0.4) is 0 Å². The second-order valence-corrected chi connectivity index (χ2v) is 3.79. The van der Waals surface area contributed by atoms with Crippen LogP contribution in [-0.4, -0.2) is 16.7 Å². The van der Waals surface area contributed by atoms with Gasteiger partial charge in [-0.2, -0.15) is 0 Å². The first-order valence-electron chi connectivity index (χ1n) is 4.84. The normalized spacial score (nSPS) is 20.4. The van der Waals surface area contributed by atoms with Crippen molar-refractivity contribution in [2.45, 2.75) is 41.0 Å². The molecule has 0 heterocycles. The van der Waals surface area contributed by atoms with Crippen molar-refractivity contribution in [3.8, 4) is 0 Å². The highest BCUT2D eigenvalue weighted by Gasteiger charge is 2.38. The van der Waals surface area contributed by atoms with Crippen LogP contribution in [0, 0.1) is 5.41 Å². The Morgan fingerprint density at radius 2 is 1.64 bits per heavy atom. The number of allylic oxidation sites excluding steroid dienone is 2. The molecule has 14 heavy (non-hydrogen) atoms. The number of rotatable bonds is 0. The summed E-state index contributed by atoms with van der Waals surface area (Å²) in [6.07, 6.45) is 0.106. The highest BCUT2D eigenvalue weighted by molar-refractivity contribution is 6.12. The Hall–Kier alpha value is -1.12. The maximum atomic E-state index is 11.4. The summed E-state index contributed by atoms with van der Waals surface area (Å²) in [6.45, 7) is 8.91. The lowest BCUT2D eigenvalue weighted by molar-refractivity contribution is -0.131. The van der Waals surface area contributed by atoms with E-state index < -0.39 is 5.41 Å². The SMILES string of the molecule is CC.CC1=C(O)C(=O)CC(C)(C)C1=O. The van der Waals surface area contributed by atoms with Gasteiger partial charge in [-0.05, 0) is 6.92 Å². The monoisotopic (exact) mass is 198 g/mol. The Labute approximate surface area is 84.8 Å². The fourth-order valence-electron chi connectivity index (χ4n) is 1.39. The van der Waals surface area contributed by atoms with E-state index in [1.54, 1.807) is 13.8 Å². The fourth-order valence-corrected chi connectivity index (χ4v) is 1.39. The number of ketones is 2.